The lowest BCUT2D eigenvalue weighted by Crippen LogP contribution is -2.00. The van der Waals surface area contributed by atoms with Crippen LogP contribution in [0, 0.1) is 0 Å². The van der Waals surface area contributed by atoms with E-state index in [0.717, 1.165) is 17.0 Å². The zero-order chi connectivity index (χ0) is 5.98. The first-order valence-corrected chi connectivity index (χ1v) is 3.07. The molecule has 44 valence electrons. The van der Waals surface area contributed by atoms with Gasteiger partial charge in [-0.3, -0.25) is 4.79 Å². The third kappa shape index (κ3) is 0.962. The van der Waals surface area contributed by atoms with Crippen LogP contribution in [0.2, 0.25) is 0 Å². The Morgan fingerprint density at radius 1 is 1.88 bits per heavy atom. The van der Waals surface area contributed by atoms with Crippen LogP contribution in [0.25, 0.3) is 0 Å². The van der Waals surface area contributed by atoms with Gasteiger partial charge >= 0.3 is 4.87 Å². The molecule has 1 rings (SSSR count). The molecule has 4 heteroatoms. The summed E-state index contributed by atoms with van der Waals surface area (Å²) in [6.07, 6.45) is 0. The van der Waals surface area contributed by atoms with E-state index in [9.17, 15) is 4.79 Å². The molecule has 0 aliphatic heterocycles. The molecule has 0 atom stereocenters. The number of hydrogen-bond donors (Lipinski definition) is 2. The predicted molar refractivity (Wildman–Crippen MR) is 32.8 cm³/mol. The molecule has 0 fully saturated rings. The third-order valence-corrected chi connectivity index (χ3v) is 1.51. The van der Waals surface area contributed by atoms with Gasteiger partial charge in [0.25, 0.3) is 0 Å². The van der Waals surface area contributed by atoms with Gasteiger partial charge < -0.3 is 10.7 Å². The lowest BCUT2D eigenvalue weighted by molar-refractivity contribution is 1.00. The van der Waals surface area contributed by atoms with Crippen molar-refractivity contribution < 1.29 is 0 Å². The number of hydrogen-bond acceptors (Lipinski definition) is 3. The Bertz CT molecular complexity index is 214. The van der Waals surface area contributed by atoms with E-state index >= 15 is 0 Å². The Morgan fingerprint density at radius 2 is 2.62 bits per heavy atom. The van der Waals surface area contributed by atoms with Gasteiger partial charge in [-0.25, -0.2) is 0 Å². The average Bonchev–Trinajstić information content (AvgIpc) is 2.14. The van der Waals surface area contributed by atoms with Crippen molar-refractivity contribution in [1.82, 2.24) is 4.98 Å². The van der Waals surface area contributed by atoms with Crippen LogP contribution in [0.15, 0.2) is 10.2 Å². The Balaban J connectivity index is 3.01. The first kappa shape index (κ1) is 5.53. The summed E-state index contributed by atoms with van der Waals surface area (Å²) >= 11 is 1.14. The highest BCUT2D eigenvalue weighted by Crippen LogP contribution is 1.91. The summed E-state index contributed by atoms with van der Waals surface area (Å²) in [4.78, 5) is 12.9. The first-order valence-electron chi connectivity index (χ1n) is 2.19. The maximum absolute atomic E-state index is 10.4. The number of aromatic amines is 1. The van der Waals surface area contributed by atoms with Crippen LogP contribution in [-0.2, 0) is 6.54 Å². The quantitative estimate of drug-likeness (QED) is 0.557. The molecule has 1 aromatic heterocycles. The fourth-order valence-electron chi connectivity index (χ4n) is 0.414. The van der Waals surface area contributed by atoms with E-state index in [-0.39, 0.29) is 4.87 Å². The number of rotatable bonds is 1. The van der Waals surface area contributed by atoms with Gasteiger partial charge in [0.1, 0.15) is 0 Å². The Labute approximate surface area is 50.2 Å². The van der Waals surface area contributed by atoms with Gasteiger partial charge in [0, 0.05) is 17.6 Å². The van der Waals surface area contributed by atoms with Gasteiger partial charge in [-0.2, -0.15) is 0 Å². The van der Waals surface area contributed by atoms with E-state index in [1.165, 1.54) is 0 Å². The normalized spacial score (nSPS) is 9.62. The van der Waals surface area contributed by atoms with E-state index in [1.54, 1.807) is 5.38 Å². The molecular weight excluding hydrogens is 124 g/mol. The molecule has 0 bridgehead atoms. The van der Waals surface area contributed by atoms with Crippen molar-refractivity contribution in [3.63, 3.8) is 0 Å². The molecule has 0 spiro atoms. The maximum Gasteiger partial charge on any atom is 0.304 e. The van der Waals surface area contributed by atoms with E-state index < -0.39 is 0 Å². The third-order valence-electron chi connectivity index (χ3n) is 0.791. The van der Waals surface area contributed by atoms with Crippen molar-refractivity contribution >= 4 is 11.3 Å². The summed E-state index contributed by atoms with van der Waals surface area (Å²) in [6.45, 7) is 0.415. The van der Waals surface area contributed by atoms with Crippen LogP contribution in [-0.4, -0.2) is 4.98 Å². The number of H-pyrrole nitrogens is 1. The van der Waals surface area contributed by atoms with Crippen molar-refractivity contribution in [3.05, 3.63) is 20.7 Å². The van der Waals surface area contributed by atoms with Crippen molar-refractivity contribution in [3.8, 4) is 0 Å². The second-order valence-corrected chi connectivity index (χ2v) is 2.22. The Kier molecular flexibility index (Phi) is 1.45. The lowest BCUT2D eigenvalue weighted by Gasteiger charge is -1.80. The van der Waals surface area contributed by atoms with E-state index in [2.05, 4.69) is 4.98 Å². The maximum atomic E-state index is 10.4. The summed E-state index contributed by atoms with van der Waals surface area (Å²) in [5, 5.41) is 1.72. The van der Waals surface area contributed by atoms with Crippen molar-refractivity contribution in [2.45, 2.75) is 6.54 Å². The molecule has 3 N–H and O–H groups in total. The molecule has 8 heavy (non-hydrogen) atoms. The van der Waals surface area contributed by atoms with Gasteiger partial charge in [0.05, 0.1) is 0 Å². The first-order chi connectivity index (χ1) is 3.83. The van der Waals surface area contributed by atoms with Crippen LogP contribution in [0.3, 0.4) is 0 Å². The van der Waals surface area contributed by atoms with Gasteiger partial charge in [0.2, 0.25) is 0 Å². The number of aromatic nitrogens is 1. The lowest BCUT2D eigenvalue weighted by atomic mass is 10.5. The molecule has 1 aromatic rings. The summed E-state index contributed by atoms with van der Waals surface area (Å²) in [5.74, 6) is 0. The molecule has 0 unspecified atom stereocenters. The second kappa shape index (κ2) is 2.11. The Morgan fingerprint density at radius 3 is 2.88 bits per heavy atom. The second-order valence-electron chi connectivity index (χ2n) is 1.38. The number of thiazole rings is 1. The molecule has 0 radical (unpaired) electrons. The zero-order valence-corrected chi connectivity index (χ0v) is 4.99. The topological polar surface area (TPSA) is 58.9 Å². The van der Waals surface area contributed by atoms with Crippen molar-refractivity contribution in [2.75, 3.05) is 0 Å². The zero-order valence-electron chi connectivity index (χ0n) is 4.18. The van der Waals surface area contributed by atoms with E-state index in [4.69, 9.17) is 5.73 Å². The standard InChI is InChI=1S/C4H6N2OS/c5-1-3-2-8-4(7)6-3/h2H,1,5H2,(H,6,7). The summed E-state index contributed by atoms with van der Waals surface area (Å²) in [7, 11) is 0. The molecule has 0 saturated heterocycles. The molecule has 0 aliphatic rings. The predicted octanol–water partition coefficient (Wildman–Crippen LogP) is -0.105. The molecule has 1 heterocycles. The molecule has 0 amide bonds. The minimum absolute atomic E-state index is 0.0366. The van der Waals surface area contributed by atoms with Crippen LogP contribution in [0.4, 0.5) is 0 Å². The Hall–Kier alpha value is -0.610. The summed E-state index contributed by atoms with van der Waals surface area (Å²) in [6, 6.07) is 0. The molecule has 3 nitrogen and oxygen atoms in total. The van der Waals surface area contributed by atoms with Gasteiger partial charge in [0.15, 0.2) is 0 Å². The summed E-state index contributed by atoms with van der Waals surface area (Å²) in [5.41, 5.74) is 6.01. The molecule has 0 aromatic carbocycles. The van der Waals surface area contributed by atoms with Crippen LogP contribution < -0.4 is 10.6 Å². The molecule has 0 aliphatic carbocycles. The van der Waals surface area contributed by atoms with Crippen molar-refractivity contribution in [2.24, 2.45) is 5.73 Å². The monoisotopic (exact) mass is 130 g/mol. The highest BCUT2D eigenvalue weighted by Gasteiger charge is 1.88. The van der Waals surface area contributed by atoms with Gasteiger partial charge in [-0.1, -0.05) is 11.3 Å². The average molecular weight is 130 g/mol. The highest BCUT2D eigenvalue weighted by molar-refractivity contribution is 7.07. The minimum Gasteiger partial charge on any atom is -0.325 e. The van der Waals surface area contributed by atoms with Crippen LogP contribution >= 0.6 is 11.3 Å². The van der Waals surface area contributed by atoms with E-state index in [0.29, 0.717) is 6.54 Å². The SMILES string of the molecule is NCc1csc(=O)[nH]1. The van der Waals surface area contributed by atoms with E-state index in [1.807, 2.05) is 0 Å². The summed E-state index contributed by atoms with van der Waals surface area (Å²) < 4.78 is 0. The number of nitrogens with two attached hydrogens (primary N) is 1. The highest BCUT2D eigenvalue weighted by atomic mass is 32.1. The molecular formula is C4H6N2OS. The minimum atomic E-state index is -0.0366. The fourth-order valence-corrected chi connectivity index (χ4v) is 1.01. The smallest absolute Gasteiger partial charge is 0.304 e. The van der Waals surface area contributed by atoms with Crippen LogP contribution in [0.1, 0.15) is 5.69 Å². The number of nitrogens with one attached hydrogen (secondary N) is 1. The fraction of sp³-hybridized carbons (Fsp3) is 0.250. The van der Waals surface area contributed by atoms with Gasteiger partial charge in [-0.05, 0) is 0 Å². The largest absolute Gasteiger partial charge is 0.325 e. The molecule has 0 saturated carbocycles. The van der Waals surface area contributed by atoms with Crippen LogP contribution in [0.5, 0.6) is 0 Å². The van der Waals surface area contributed by atoms with Gasteiger partial charge in [-0.15, -0.1) is 0 Å². The van der Waals surface area contributed by atoms with Crippen molar-refractivity contribution in [1.29, 1.82) is 0 Å².